The molecule has 1 saturated heterocycles. The van der Waals surface area contributed by atoms with Crippen LogP contribution in [0.2, 0.25) is 0 Å². The number of imidazole rings is 1. The van der Waals surface area contributed by atoms with Crippen molar-refractivity contribution in [2.45, 2.75) is 42.9 Å². The summed E-state index contributed by atoms with van der Waals surface area (Å²) in [6.07, 6.45) is 3.56. The third-order valence-electron chi connectivity index (χ3n) is 6.62. The normalized spacial score (nSPS) is 15.1. The first kappa shape index (κ1) is 29.8. The Bertz CT molecular complexity index is 1370. The van der Waals surface area contributed by atoms with E-state index < -0.39 is 9.84 Å². The number of anilines is 1. The van der Waals surface area contributed by atoms with E-state index in [0.29, 0.717) is 48.4 Å². The van der Waals surface area contributed by atoms with Crippen molar-refractivity contribution in [3.63, 3.8) is 0 Å². The molecule has 0 saturated carbocycles. The minimum absolute atomic E-state index is 0.00605. The van der Waals surface area contributed by atoms with Crippen molar-refractivity contribution in [2.24, 2.45) is 0 Å². The van der Waals surface area contributed by atoms with Crippen molar-refractivity contribution in [3.8, 4) is 11.5 Å². The second kappa shape index (κ2) is 13.9. The average Bonchev–Trinajstić information content (AvgIpc) is 3.62. The molecule has 2 aromatic carbocycles. The lowest BCUT2D eigenvalue weighted by atomic mass is 10.2. The van der Waals surface area contributed by atoms with Gasteiger partial charge in [0.25, 0.3) is 0 Å². The largest absolute Gasteiger partial charge is 0.497 e. The van der Waals surface area contributed by atoms with Crippen molar-refractivity contribution >= 4 is 32.9 Å². The molecular weight excluding hydrogens is 552 g/mol. The summed E-state index contributed by atoms with van der Waals surface area (Å²) in [7, 11) is 0.976. The molecular formula is C28H36N4O6S2. The van der Waals surface area contributed by atoms with Crippen LogP contribution in [0.15, 0.2) is 59.9 Å². The lowest BCUT2D eigenvalue weighted by Gasteiger charge is -2.28. The van der Waals surface area contributed by atoms with Gasteiger partial charge in [0.05, 0.1) is 51.1 Å². The van der Waals surface area contributed by atoms with E-state index >= 15 is 0 Å². The number of rotatable bonds is 13. The summed E-state index contributed by atoms with van der Waals surface area (Å²) >= 11 is 5.82. The molecule has 0 aliphatic carbocycles. The fourth-order valence-electron chi connectivity index (χ4n) is 4.56. The molecule has 1 aromatic heterocycles. The summed E-state index contributed by atoms with van der Waals surface area (Å²) in [4.78, 5) is 6.37. The van der Waals surface area contributed by atoms with Crippen LogP contribution in [0.4, 0.5) is 5.69 Å². The molecule has 12 heteroatoms. The van der Waals surface area contributed by atoms with Gasteiger partial charge in [-0.25, -0.2) is 13.4 Å². The predicted octanol–water partition coefficient (Wildman–Crippen LogP) is 3.90. The molecule has 0 bridgehead atoms. The van der Waals surface area contributed by atoms with Crippen molar-refractivity contribution in [2.75, 3.05) is 46.4 Å². The molecule has 1 aliphatic heterocycles. The fourth-order valence-corrected chi connectivity index (χ4v) is 6.32. The van der Waals surface area contributed by atoms with Crippen LogP contribution in [0.25, 0.3) is 0 Å². The van der Waals surface area contributed by atoms with Gasteiger partial charge < -0.3 is 33.7 Å². The first-order valence-electron chi connectivity index (χ1n) is 13.0. The summed E-state index contributed by atoms with van der Waals surface area (Å²) in [5.74, 6) is 1.14. The van der Waals surface area contributed by atoms with Gasteiger partial charge in [0, 0.05) is 32.5 Å². The lowest BCUT2D eigenvalue weighted by Crippen LogP contribution is -2.40. The van der Waals surface area contributed by atoms with Gasteiger partial charge in [0.1, 0.15) is 11.5 Å². The minimum atomic E-state index is -3.77. The quantitative estimate of drug-likeness (QED) is 0.296. The Kier molecular flexibility index (Phi) is 10.4. The van der Waals surface area contributed by atoms with Crippen LogP contribution in [0, 0.1) is 0 Å². The van der Waals surface area contributed by atoms with Gasteiger partial charge >= 0.3 is 0 Å². The Morgan fingerprint density at radius 2 is 1.93 bits per heavy atom. The molecule has 0 radical (unpaired) electrons. The van der Waals surface area contributed by atoms with E-state index in [1.54, 1.807) is 56.4 Å². The predicted molar refractivity (Wildman–Crippen MR) is 157 cm³/mol. The van der Waals surface area contributed by atoms with Crippen LogP contribution in [-0.4, -0.2) is 75.2 Å². The Morgan fingerprint density at radius 3 is 2.60 bits per heavy atom. The van der Waals surface area contributed by atoms with Crippen LogP contribution < -0.4 is 14.8 Å². The number of nitrogens with zero attached hydrogens (tertiary/aromatic N) is 3. The zero-order valence-electron chi connectivity index (χ0n) is 23.0. The topological polar surface area (TPSA) is 104 Å². The van der Waals surface area contributed by atoms with E-state index in [0.717, 1.165) is 30.9 Å². The maximum atomic E-state index is 13.5. The van der Waals surface area contributed by atoms with E-state index in [-0.39, 0.29) is 17.0 Å². The van der Waals surface area contributed by atoms with Crippen LogP contribution in [-0.2, 0) is 38.2 Å². The van der Waals surface area contributed by atoms with Gasteiger partial charge in [-0.2, -0.15) is 0 Å². The van der Waals surface area contributed by atoms with Gasteiger partial charge in [-0.3, -0.25) is 0 Å². The zero-order chi connectivity index (χ0) is 28.5. The second-order valence-corrected chi connectivity index (χ2v) is 11.7. The number of ether oxygens (including phenoxy) is 4. The van der Waals surface area contributed by atoms with E-state index in [1.807, 2.05) is 29.2 Å². The molecule has 1 unspecified atom stereocenters. The fraction of sp³-hybridized carbons (Fsp3) is 0.429. The number of aromatic nitrogens is 2. The maximum absolute atomic E-state index is 13.5. The summed E-state index contributed by atoms with van der Waals surface area (Å²) in [6.45, 7) is 2.27. The number of thiocarbonyl (C=S) groups is 1. The van der Waals surface area contributed by atoms with Gasteiger partial charge in [-0.15, -0.1) is 0 Å². The molecule has 4 rings (SSSR count). The van der Waals surface area contributed by atoms with Crippen LogP contribution in [0.1, 0.15) is 24.1 Å². The van der Waals surface area contributed by atoms with E-state index in [4.69, 9.17) is 31.2 Å². The van der Waals surface area contributed by atoms with E-state index in [9.17, 15) is 8.42 Å². The van der Waals surface area contributed by atoms with Crippen molar-refractivity contribution in [3.05, 3.63) is 66.0 Å². The van der Waals surface area contributed by atoms with Gasteiger partial charge in [0.15, 0.2) is 5.11 Å². The molecule has 1 fully saturated rings. The highest BCUT2D eigenvalue weighted by atomic mass is 32.2. The molecule has 10 nitrogen and oxygen atoms in total. The summed E-state index contributed by atoms with van der Waals surface area (Å²) in [5, 5.41) is 3.79. The van der Waals surface area contributed by atoms with Crippen molar-refractivity contribution in [1.29, 1.82) is 0 Å². The highest BCUT2D eigenvalue weighted by Gasteiger charge is 2.27. The summed E-state index contributed by atoms with van der Waals surface area (Å²) in [5.41, 5.74) is 2.14. The molecule has 40 heavy (non-hydrogen) atoms. The number of sulfone groups is 1. The molecule has 0 amide bonds. The standard InChI is InChI=1S/C28H36N4O6S2/c1-35-15-13-32-23(17-29-28(32)40(33,34)20-21-6-4-7-25(16-21)37-3)18-31(19-26-8-5-14-38-26)27(39)30-22-9-11-24(36-2)12-10-22/h4,6-7,9-12,16-17,26H,5,8,13-15,18-20H2,1-3H3,(H,30,39). The van der Waals surface area contributed by atoms with Gasteiger partial charge in [0.2, 0.25) is 15.0 Å². The van der Waals surface area contributed by atoms with Crippen LogP contribution in [0.3, 0.4) is 0 Å². The Labute approximate surface area is 241 Å². The minimum Gasteiger partial charge on any atom is -0.497 e. The van der Waals surface area contributed by atoms with Gasteiger partial charge in [-0.1, -0.05) is 12.1 Å². The number of hydrogen-bond donors (Lipinski definition) is 1. The molecule has 1 N–H and O–H groups in total. The monoisotopic (exact) mass is 588 g/mol. The van der Waals surface area contributed by atoms with Crippen molar-refractivity contribution in [1.82, 2.24) is 14.5 Å². The highest BCUT2D eigenvalue weighted by molar-refractivity contribution is 7.90. The third-order valence-corrected chi connectivity index (χ3v) is 8.57. The highest BCUT2D eigenvalue weighted by Crippen LogP contribution is 2.23. The van der Waals surface area contributed by atoms with Crippen molar-refractivity contribution < 1.29 is 27.4 Å². The number of nitrogens with one attached hydrogen (secondary N) is 1. The van der Waals surface area contributed by atoms with Crippen LogP contribution >= 0.6 is 12.2 Å². The molecule has 1 atom stereocenters. The Morgan fingerprint density at radius 1 is 1.15 bits per heavy atom. The molecule has 3 aromatic rings. The summed E-state index contributed by atoms with van der Waals surface area (Å²) < 4.78 is 50.5. The number of hydrogen-bond acceptors (Lipinski definition) is 8. The Hall–Kier alpha value is -3.19. The zero-order valence-corrected chi connectivity index (χ0v) is 24.7. The van der Waals surface area contributed by atoms with E-state index in [2.05, 4.69) is 10.3 Å². The molecule has 0 spiro atoms. The molecule has 1 aliphatic rings. The Balaban J connectivity index is 1.60. The van der Waals surface area contributed by atoms with E-state index in [1.165, 1.54) is 0 Å². The molecule has 2 heterocycles. The second-order valence-electron chi connectivity index (χ2n) is 9.46. The number of benzene rings is 2. The third kappa shape index (κ3) is 7.72. The average molecular weight is 589 g/mol. The van der Waals surface area contributed by atoms with Gasteiger partial charge in [-0.05, 0) is 67.0 Å². The summed E-state index contributed by atoms with van der Waals surface area (Å²) in [6, 6.07) is 14.5. The number of methoxy groups -OCH3 is 3. The first-order chi connectivity index (χ1) is 19.3. The first-order valence-corrected chi connectivity index (χ1v) is 15.1. The lowest BCUT2D eigenvalue weighted by molar-refractivity contribution is 0.0899. The SMILES string of the molecule is COCCn1c(CN(CC2CCCO2)C(=S)Nc2ccc(OC)cc2)cnc1S(=O)(=O)Cc1cccc(OC)c1. The maximum Gasteiger partial charge on any atom is 0.228 e. The van der Waals surface area contributed by atoms with Crippen LogP contribution in [0.5, 0.6) is 11.5 Å². The smallest absolute Gasteiger partial charge is 0.228 e. The molecule has 216 valence electrons.